The molecule has 0 radical (unpaired) electrons. The molecule has 1 aromatic carbocycles. The average Bonchev–Trinajstić information content (AvgIpc) is 3.35. The molecule has 2 aliphatic heterocycles. The minimum atomic E-state index is -1.02. The van der Waals surface area contributed by atoms with E-state index < -0.39 is 5.60 Å². The predicted molar refractivity (Wildman–Crippen MR) is 113 cm³/mol. The van der Waals surface area contributed by atoms with E-state index >= 15 is 0 Å². The summed E-state index contributed by atoms with van der Waals surface area (Å²) < 4.78 is 6.24. The first-order valence-corrected chi connectivity index (χ1v) is 10.9. The number of rotatable bonds is 5. The number of thiophene rings is 1. The van der Waals surface area contributed by atoms with Crippen molar-refractivity contribution in [1.82, 2.24) is 14.7 Å². The van der Waals surface area contributed by atoms with Crippen molar-refractivity contribution in [3.8, 4) is 0 Å². The number of carbonyl (C=O) groups excluding carboxylic acids is 2. The molecule has 2 amide bonds. The summed E-state index contributed by atoms with van der Waals surface area (Å²) in [4.78, 5) is 32.3. The lowest BCUT2D eigenvalue weighted by molar-refractivity contribution is -0.159. The van der Waals surface area contributed by atoms with Crippen molar-refractivity contribution in [2.24, 2.45) is 0 Å². The van der Waals surface area contributed by atoms with Crippen LogP contribution in [0.3, 0.4) is 0 Å². The Morgan fingerprint density at radius 1 is 1.28 bits per heavy atom. The van der Waals surface area contributed by atoms with Crippen LogP contribution >= 0.6 is 11.3 Å². The highest BCUT2D eigenvalue weighted by Gasteiger charge is 2.58. The zero-order valence-electron chi connectivity index (χ0n) is 16.9. The van der Waals surface area contributed by atoms with Crippen molar-refractivity contribution in [1.29, 1.82) is 0 Å². The number of nitrogens with zero attached hydrogens (tertiary/aromatic N) is 3. The van der Waals surface area contributed by atoms with Crippen molar-refractivity contribution in [2.75, 3.05) is 53.4 Å². The number of likely N-dealkylation sites (N-methyl/N-ethyl adjacent to an activating group) is 1. The lowest BCUT2D eigenvalue weighted by Gasteiger charge is -2.42. The summed E-state index contributed by atoms with van der Waals surface area (Å²) >= 11 is 1.50. The van der Waals surface area contributed by atoms with E-state index in [4.69, 9.17) is 4.74 Å². The van der Waals surface area contributed by atoms with Gasteiger partial charge in [-0.15, -0.1) is 0 Å². The van der Waals surface area contributed by atoms with Crippen LogP contribution in [0.25, 0.3) is 0 Å². The third kappa shape index (κ3) is 3.82. The highest BCUT2D eigenvalue weighted by atomic mass is 32.1. The van der Waals surface area contributed by atoms with Crippen LogP contribution in [0.15, 0.2) is 47.2 Å². The summed E-state index contributed by atoms with van der Waals surface area (Å²) in [6.45, 7) is 3.21. The number of benzene rings is 1. The second kappa shape index (κ2) is 8.26. The fourth-order valence-corrected chi connectivity index (χ4v) is 4.90. The van der Waals surface area contributed by atoms with Gasteiger partial charge in [0, 0.05) is 37.5 Å². The van der Waals surface area contributed by atoms with Crippen LogP contribution in [0.4, 0.5) is 0 Å². The lowest BCUT2D eigenvalue weighted by Crippen LogP contribution is -2.59. The smallest absolute Gasteiger partial charge is 0.257 e. The summed E-state index contributed by atoms with van der Waals surface area (Å²) in [6, 6.07) is 11.9. The van der Waals surface area contributed by atoms with Crippen molar-refractivity contribution in [2.45, 2.75) is 11.5 Å². The molecule has 1 spiro atoms. The molecule has 29 heavy (non-hydrogen) atoms. The zero-order chi connectivity index (χ0) is 20.4. The molecule has 0 N–H and O–H groups in total. The molecule has 154 valence electrons. The minimum absolute atomic E-state index is 0.00368. The third-order valence-corrected chi connectivity index (χ3v) is 6.52. The van der Waals surface area contributed by atoms with Gasteiger partial charge in [-0.2, -0.15) is 11.3 Å². The van der Waals surface area contributed by atoms with Gasteiger partial charge in [0.1, 0.15) is 0 Å². The minimum Gasteiger partial charge on any atom is -0.361 e. The fourth-order valence-electron chi connectivity index (χ4n) is 4.27. The van der Waals surface area contributed by atoms with Crippen LogP contribution in [0, 0.1) is 0 Å². The maximum absolute atomic E-state index is 13.6. The quantitative estimate of drug-likeness (QED) is 0.754. The molecule has 6 nitrogen and oxygen atoms in total. The summed E-state index contributed by atoms with van der Waals surface area (Å²) in [5.41, 5.74) is 0.744. The van der Waals surface area contributed by atoms with Gasteiger partial charge in [-0.3, -0.25) is 9.59 Å². The standard InChI is InChI=1S/C22H27N3O3S/c1-23(2)9-10-24-14-19(17-6-4-3-5-7-17)22(21(24)27)16-25(11-12-28-22)20(26)18-8-13-29-15-18/h3-8,13,15,19H,9-12,14,16H2,1-2H3/t19-,22-/m1/s1. The van der Waals surface area contributed by atoms with Crippen LogP contribution in [-0.2, 0) is 9.53 Å². The molecular weight excluding hydrogens is 386 g/mol. The van der Waals surface area contributed by atoms with E-state index in [1.165, 1.54) is 11.3 Å². The van der Waals surface area contributed by atoms with E-state index in [1.807, 2.05) is 54.0 Å². The third-order valence-electron chi connectivity index (χ3n) is 5.84. The molecule has 1 aromatic heterocycles. The summed E-state index contributed by atoms with van der Waals surface area (Å²) in [7, 11) is 4.01. The Bertz CT molecular complexity index is 855. The number of amides is 2. The number of ether oxygens (including phenoxy) is 1. The topological polar surface area (TPSA) is 53.1 Å². The largest absolute Gasteiger partial charge is 0.361 e. The Labute approximate surface area is 175 Å². The van der Waals surface area contributed by atoms with E-state index in [0.717, 1.165) is 12.1 Å². The van der Waals surface area contributed by atoms with Gasteiger partial charge in [-0.05, 0) is 31.1 Å². The summed E-state index contributed by atoms with van der Waals surface area (Å²) in [6.07, 6.45) is 0. The first kappa shape index (κ1) is 20.1. The van der Waals surface area contributed by atoms with Crippen molar-refractivity contribution < 1.29 is 14.3 Å². The zero-order valence-corrected chi connectivity index (χ0v) is 17.7. The Kier molecular flexibility index (Phi) is 5.72. The number of likely N-dealkylation sites (tertiary alicyclic amines) is 1. The van der Waals surface area contributed by atoms with E-state index in [9.17, 15) is 9.59 Å². The van der Waals surface area contributed by atoms with E-state index in [2.05, 4.69) is 17.0 Å². The first-order valence-electron chi connectivity index (χ1n) is 9.96. The Morgan fingerprint density at radius 2 is 2.07 bits per heavy atom. The molecule has 2 atom stereocenters. The molecule has 4 rings (SSSR count). The SMILES string of the molecule is CN(C)CCN1C[C@H](c2ccccc2)[C@]2(CN(C(=O)c3ccsc3)CCO2)C1=O. The molecule has 2 aliphatic rings. The molecule has 0 bridgehead atoms. The van der Waals surface area contributed by atoms with Crippen molar-refractivity contribution in [3.05, 3.63) is 58.3 Å². The second-order valence-electron chi connectivity index (χ2n) is 7.99. The summed E-state index contributed by atoms with van der Waals surface area (Å²) in [5.74, 6) is -0.132. The Morgan fingerprint density at radius 3 is 2.76 bits per heavy atom. The Balaban J connectivity index is 1.65. The van der Waals surface area contributed by atoms with Gasteiger partial charge >= 0.3 is 0 Å². The molecule has 0 aliphatic carbocycles. The maximum Gasteiger partial charge on any atom is 0.257 e. The van der Waals surface area contributed by atoms with Gasteiger partial charge in [-0.1, -0.05) is 30.3 Å². The molecule has 7 heteroatoms. The molecule has 0 saturated carbocycles. The van der Waals surface area contributed by atoms with E-state index in [-0.39, 0.29) is 17.7 Å². The number of morpholine rings is 1. The van der Waals surface area contributed by atoms with Crippen LogP contribution in [-0.4, -0.2) is 85.5 Å². The van der Waals surface area contributed by atoms with Crippen LogP contribution in [0.2, 0.25) is 0 Å². The van der Waals surface area contributed by atoms with Gasteiger partial charge in [0.25, 0.3) is 11.8 Å². The normalized spacial score (nSPS) is 24.7. The van der Waals surface area contributed by atoms with Gasteiger partial charge in [0.15, 0.2) is 5.60 Å². The fraction of sp³-hybridized carbons (Fsp3) is 0.455. The predicted octanol–water partition coefficient (Wildman–Crippen LogP) is 2.15. The first-order chi connectivity index (χ1) is 14.0. The number of carbonyl (C=O) groups is 2. The molecule has 3 heterocycles. The monoisotopic (exact) mass is 413 g/mol. The molecule has 2 saturated heterocycles. The second-order valence-corrected chi connectivity index (χ2v) is 8.77. The molecular formula is C22H27N3O3S. The van der Waals surface area contributed by atoms with Gasteiger partial charge < -0.3 is 19.4 Å². The highest BCUT2D eigenvalue weighted by Crippen LogP contribution is 2.42. The van der Waals surface area contributed by atoms with Crippen LogP contribution in [0.5, 0.6) is 0 Å². The van der Waals surface area contributed by atoms with Crippen molar-refractivity contribution in [3.63, 3.8) is 0 Å². The van der Waals surface area contributed by atoms with Gasteiger partial charge in [-0.25, -0.2) is 0 Å². The molecule has 2 fully saturated rings. The van der Waals surface area contributed by atoms with Crippen LogP contribution < -0.4 is 0 Å². The van der Waals surface area contributed by atoms with E-state index in [0.29, 0.717) is 38.3 Å². The highest BCUT2D eigenvalue weighted by molar-refractivity contribution is 7.08. The summed E-state index contributed by atoms with van der Waals surface area (Å²) in [5, 5.41) is 3.76. The number of hydrogen-bond donors (Lipinski definition) is 0. The van der Waals surface area contributed by atoms with Gasteiger partial charge in [0.2, 0.25) is 0 Å². The number of hydrogen-bond acceptors (Lipinski definition) is 5. The Hall–Kier alpha value is -2.22. The molecule has 0 unspecified atom stereocenters. The van der Waals surface area contributed by atoms with Crippen LogP contribution in [0.1, 0.15) is 21.8 Å². The van der Waals surface area contributed by atoms with Gasteiger partial charge in [0.05, 0.1) is 18.7 Å². The maximum atomic E-state index is 13.6. The lowest BCUT2D eigenvalue weighted by atomic mass is 9.83. The average molecular weight is 414 g/mol. The molecule has 2 aromatic rings. The van der Waals surface area contributed by atoms with E-state index in [1.54, 1.807) is 4.90 Å². The van der Waals surface area contributed by atoms with Crippen molar-refractivity contribution >= 4 is 23.2 Å².